The molecule has 0 fully saturated rings. The molecule has 0 saturated carbocycles. The minimum Gasteiger partial charge on any atom is -0.384 e. The molecule has 0 bridgehead atoms. The van der Waals surface area contributed by atoms with Crippen molar-refractivity contribution in [1.82, 2.24) is 10.2 Å². The van der Waals surface area contributed by atoms with Gasteiger partial charge in [0, 0.05) is 5.56 Å². The van der Waals surface area contributed by atoms with Crippen molar-refractivity contribution < 1.29 is 13.2 Å². The van der Waals surface area contributed by atoms with E-state index in [4.69, 9.17) is 5.73 Å². The van der Waals surface area contributed by atoms with Crippen molar-refractivity contribution in [3.8, 4) is 0 Å². The van der Waals surface area contributed by atoms with Crippen LogP contribution in [0.25, 0.3) is 5.57 Å². The van der Waals surface area contributed by atoms with Gasteiger partial charge in [-0.2, -0.15) is 18.3 Å². The summed E-state index contributed by atoms with van der Waals surface area (Å²) in [6.45, 7) is 0. The van der Waals surface area contributed by atoms with Crippen molar-refractivity contribution in [2.75, 3.05) is 5.73 Å². The van der Waals surface area contributed by atoms with Gasteiger partial charge in [0.1, 0.15) is 5.82 Å². The van der Waals surface area contributed by atoms with E-state index in [1.807, 2.05) is 0 Å². The lowest BCUT2D eigenvalue weighted by Gasteiger charge is -2.19. The van der Waals surface area contributed by atoms with E-state index in [9.17, 15) is 13.2 Å². The molecule has 0 saturated heterocycles. The van der Waals surface area contributed by atoms with Gasteiger partial charge in [0.25, 0.3) is 0 Å². The van der Waals surface area contributed by atoms with Gasteiger partial charge in [-0.1, -0.05) is 18.2 Å². The lowest BCUT2D eigenvalue weighted by Crippen LogP contribution is -2.21. The quantitative estimate of drug-likeness (QED) is 0.777. The lowest BCUT2D eigenvalue weighted by molar-refractivity contribution is -0.160. The summed E-state index contributed by atoms with van der Waals surface area (Å²) in [6.07, 6.45) is 1.49. The van der Waals surface area contributed by atoms with E-state index >= 15 is 0 Å². The maximum atomic E-state index is 12.5. The molecule has 1 aliphatic rings. The van der Waals surface area contributed by atoms with E-state index in [0.29, 0.717) is 11.1 Å². The first-order chi connectivity index (χ1) is 7.48. The molecular formula is C10H10F3N3. The monoisotopic (exact) mass is 229 g/mol. The van der Waals surface area contributed by atoms with Gasteiger partial charge in [-0.3, -0.25) is 5.10 Å². The molecule has 0 radical (unpaired) electrons. The molecule has 1 heterocycles. The van der Waals surface area contributed by atoms with Crippen molar-refractivity contribution in [3.05, 3.63) is 30.0 Å². The predicted octanol–water partition coefficient (Wildman–Crippen LogP) is 2.51. The zero-order chi connectivity index (χ0) is 11.8. The summed E-state index contributed by atoms with van der Waals surface area (Å²) in [6, 6.07) is 0. The SMILES string of the molecule is Nc1[nH]ncc1C1=CC(C(F)(F)F)CC=C1. The highest BCUT2D eigenvalue weighted by Crippen LogP contribution is 2.36. The van der Waals surface area contributed by atoms with Gasteiger partial charge in [0.2, 0.25) is 0 Å². The van der Waals surface area contributed by atoms with Crippen LogP contribution in [0.2, 0.25) is 0 Å². The van der Waals surface area contributed by atoms with E-state index in [0.717, 1.165) is 0 Å². The number of nitrogen functional groups attached to an aromatic ring is 1. The number of aromatic nitrogens is 2. The number of H-pyrrole nitrogens is 1. The Morgan fingerprint density at radius 2 is 2.19 bits per heavy atom. The van der Waals surface area contributed by atoms with Gasteiger partial charge >= 0.3 is 6.18 Å². The van der Waals surface area contributed by atoms with E-state index < -0.39 is 12.1 Å². The minimum atomic E-state index is -4.21. The number of nitrogens with zero attached hydrogens (tertiary/aromatic N) is 1. The Labute approximate surface area is 89.8 Å². The van der Waals surface area contributed by atoms with E-state index in [1.165, 1.54) is 18.3 Å². The summed E-state index contributed by atoms with van der Waals surface area (Å²) in [5.74, 6) is -1.17. The number of hydrogen-bond donors (Lipinski definition) is 2. The zero-order valence-corrected chi connectivity index (χ0v) is 8.25. The molecule has 6 heteroatoms. The Bertz CT molecular complexity index is 442. The Balaban J connectivity index is 2.32. The highest BCUT2D eigenvalue weighted by atomic mass is 19.4. The average Bonchev–Trinajstić information content (AvgIpc) is 2.63. The number of rotatable bonds is 1. The van der Waals surface area contributed by atoms with E-state index in [2.05, 4.69) is 10.2 Å². The minimum absolute atomic E-state index is 0.0231. The molecule has 0 aromatic carbocycles. The summed E-state index contributed by atoms with van der Waals surface area (Å²) < 4.78 is 37.6. The smallest absolute Gasteiger partial charge is 0.384 e. The third-order valence-electron chi connectivity index (χ3n) is 2.47. The molecule has 16 heavy (non-hydrogen) atoms. The van der Waals surface area contributed by atoms with Crippen molar-refractivity contribution in [3.63, 3.8) is 0 Å². The van der Waals surface area contributed by atoms with Gasteiger partial charge < -0.3 is 5.73 Å². The Morgan fingerprint density at radius 1 is 1.44 bits per heavy atom. The van der Waals surface area contributed by atoms with Gasteiger partial charge in [-0.15, -0.1) is 0 Å². The number of nitrogens with one attached hydrogen (secondary N) is 1. The van der Waals surface area contributed by atoms with Gasteiger partial charge in [0.05, 0.1) is 12.1 Å². The van der Waals surface area contributed by atoms with Crippen LogP contribution in [0.3, 0.4) is 0 Å². The van der Waals surface area contributed by atoms with Crippen molar-refractivity contribution in [2.45, 2.75) is 12.6 Å². The maximum Gasteiger partial charge on any atom is 0.395 e. The van der Waals surface area contributed by atoms with Crippen LogP contribution < -0.4 is 5.73 Å². The van der Waals surface area contributed by atoms with Gasteiger partial charge in [-0.05, 0) is 12.0 Å². The zero-order valence-electron chi connectivity index (χ0n) is 8.25. The third-order valence-corrected chi connectivity index (χ3v) is 2.47. The topological polar surface area (TPSA) is 54.7 Å². The van der Waals surface area contributed by atoms with Crippen LogP contribution in [0.15, 0.2) is 24.4 Å². The second-order valence-corrected chi connectivity index (χ2v) is 3.61. The number of alkyl halides is 3. The molecule has 0 spiro atoms. The largest absolute Gasteiger partial charge is 0.395 e. The summed E-state index contributed by atoms with van der Waals surface area (Å²) in [7, 11) is 0. The van der Waals surface area contributed by atoms with Crippen LogP contribution in [0.4, 0.5) is 19.0 Å². The van der Waals surface area contributed by atoms with Crippen LogP contribution in [-0.4, -0.2) is 16.4 Å². The number of hydrogen-bond acceptors (Lipinski definition) is 2. The number of anilines is 1. The number of aromatic amines is 1. The molecule has 86 valence electrons. The van der Waals surface area contributed by atoms with Gasteiger partial charge in [0.15, 0.2) is 0 Å². The van der Waals surface area contributed by atoms with Crippen molar-refractivity contribution in [1.29, 1.82) is 0 Å². The Kier molecular flexibility index (Phi) is 2.49. The lowest BCUT2D eigenvalue weighted by atomic mass is 9.93. The molecule has 1 aromatic rings. The summed E-state index contributed by atoms with van der Waals surface area (Å²) >= 11 is 0. The van der Waals surface area contributed by atoms with Crippen molar-refractivity contribution in [2.24, 2.45) is 5.92 Å². The predicted molar refractivity (Wildman–Crippen MR) is 54.3 cm³/mol. The molecule has 3 nitrogen and oxygen atoms in total. The molecule has 3 N–H and O–H groups in total. The molecular weight excluding hydrogens is 219 g/mol. The summed E-state index contributed by atoms with van der Waals surface area (Å²) in [5, 5.41) is 6.17. The fraction of sp³-hybridized carbons (Fsp3) is 0.300. The van der Waals surface area contributed by atoms with Crippen LogP contribution in [0.5, 0.6) is 0 Å². The molecule has 2 rings (SSSR count). The standard InChI is InChI=1S/C10H10F3N3/c11-10(12,13)7-3-1-2-6(4-7)8-5-15-16-9(8)14/h1-2,4-5,7H,3H2,(H3,14,15,16). The fourth-order valence-corrected chi connectivity index (χ4v) is 1.62. The summed E-state index contributed by atoms with van der Waals surface area (Å²) in [5.41, 5.74) is 6.51. The molecule has 1 aliphatic carbocycles. The fourth-order valence-electron chi connectivity index (χ4n) is 1.62. The second kappa shape index (κ2) is 3.70. The number of nitrogens with two attached hydrogens (primary N) is 1. The normalized spacial score (nSPS) is 20.9. The third kappa shape index (κ3) is 1.95. The first kappa shape index (κ1) is 10.8. The van der Waals surface area contributed by atoms with Crippen LogP contribution >= 0.6 is 0 Å². The van der Waals surface area contributed by atoms with Crippen LogP contribution in [0, 0.1) is 5.92 Å². The maximum absolute atomic E-state index is 12.5. The highest BCUT2D eigenvalue weighted by Gasteiger charge is 2.38. The number of allylic oxidation sites excluding steroid dienone is 4. The highest BCUT2D eigenvalue weighted by molar-refractivity contribution is 5.80. The van der Waals surface area contributed by atoms with Crippen LogP contribution in [0.1, 0.15) is 12.0 Å². The molecule has 1 unspecified atom stereocenters. The average molecular weight is 229 g/mol. The Morgan fingerprint density at radius 3 is 2.75 bits per heavy atom. The molecule has 1 aromatic heterocycles. The molecule has 0 amide bonds. The second-order valence-electron chi connectivity index (χ2n) is 3.61. The first-order valence-corrected chi connectivity index (χ1v) is 4.73. The van der Waals surface area contributed by atoms with E-state index in [-0.39, 0.29) is 12.2 Å². The van der Waals surface area contributed by atoms with Crippen LogP contribution in [-0.2, 0) is 0 Å². The molecule has 1 atom stereocenters. The molecule has 0 aliphatic heterocycles. The van der Waals surface area contributed by atoms with Gasteiger partial charge in [-0.25, -0.2) is 0 Å². The number of halogens is 3. The first-order valence-electron chi connectivity index (χ1n) is 4.73. The van der Waals surface area contributed by atoms with E-state index in [1.54, 1.807) is 6.08 Å². The van der Waals surface area contributed by atoms with Crippen molar-refractivity contribution >= 4 is 11.4 Å². The summed E-state index contributed by atoms with van der Waals surface area (Å²) in [4.78, 5) is 0. The Hall–Kier alpha value is -1.72.